The lowest BCUT2D eigenvalue weighted by molar-refractivity contribution is -0.139. The molecule has 7 nitrogen and oxygen atoms in total. The van der Waals surface area contributed by atoms with Crippen molar-refractivity contribution in [2.45, 2.75) is 96.9 Å². The van der Waals surface area contributed by atoms with Crippen LogP contribution in [0.2, 0.25) is 0 Å². The van der Waals surface area contributed by atoms with Crippen LogP contribution in [0, 0.1) is 17.8 Å². The number of amides is 1. The summed E-state index contributed by atoms with van der Waals surface area (Å²) in [5, 5.41) is 12.5. The van der Waals surface area contributed by atoms with Crippen molar-refractivity contribution in [1.82, 2.24) is 15.3 Å². The zero-order chi connectivity index (χ0) is 31.3. The summed E-state index contributed by atoms with van der Waals surface area (Å²) in [5.74, 6) is 1.97. The van der Waals surface area contributed by atoms with E-state index in [1.807, 2.05) is 42.7 Å². The summed E-state index contributed by atoms with van der Waals surface area (Å²) in [4.78, 5) is 38.1. The molecule has 236 valence electrons. The van der Waals surface area contributed by atoms with Gasteiger partial charge in [0, 0.05) is 30.0 Å². The fourth-order valence-electron chi connectivity index (χ4n) is 6.94. The van der Waals surface area contributed by atoms with Crippen LogP contribution in [0.1, 0.15) is 99.2 Å². The van der Waals surface area contributed by atoms with Crippen LogP contribution < -0.4 is 10.2 Å². The summed E-state index contributed by atoms with van der Waals surface area (Å²) in [6.07, 6.45) is 15.0. The molecule has 2 N–H and O–H groups in total. The third-order valence-corrected chi connectivity index (χ3v) is 11.1. The van der Waals surface area contributed by atoms with E-state index in [1.165, 1.54) is 62.7 Å². The number of rotatable bonds is 10. The molecule has 8 heteroatoms. The van der Waals surface area contributed by atoms with E-state index in [4.69, 9.17) is 0 Å². The van der Waals surface area contributed by atoms with E-state index in [0.29, 0.717) is 10.7 Å². The predicted molar refractivity (Wildman–Crippen MR) is 178 cm³/mol. The number of hydrogen-bond donors (Lipinski definition) is 2. The van der Waals surface area contributed by atoms with Crippen LogP contribution >= 0.6 is 11.3 Å². The molecule has 0 bridgehead atoms. The molecule has 3 aromatic rings. The summed E-state index contributed by atoms with van der Waals surface area (Å²) in [5.41, 5.74) is 2.71. The molecule has 1 aliphatic heterocycles. The largest absolute Gasteiger partial charge is 0.480 e. The molecule has 2 aliphatic rings. The molecule has 1 atom stereocenters. The maximum Gasteiger partial charge on any atom is 0.326 e. The van der Waals surface area contributed by atoms with Gasteiger partial charge in [-0.05, 0) is 66.5 Å². The fraction of sp³-hybridized carbons (Fsp3) is 0.556. The highest BCUT2D eigenvalue weighted by atomic mass is 32.1. The quantitative estimate of drug-likeness (QED) is 0.242. The normalized spacial score (nSPS) is 20.3. The number of aliphatic carboxylic acids is 1. The molecule has 1 saturated heterocycles. The molecular weight excluding hydrogens is 568 g/mol. The molecular formula is C36H48N4O3S. The number of carboxylic acid groups (broad SMARTS) is 1. The number of anilines is 1. The summed E-state index contributed by atoms with van der Waals surface area (Å²) in [6, 6.07) is 10.3. The standard InChI is InChI=1S/C36H48N4O3S/c1-5-6-24-7-11-26(12-8-24)27-17-19-40(20-18-27)29-22-37-33(38-23-29)28-13-9-25(10-14-28)21-30(35(42)43)39-34(41)31-15-16-32(44-31)36(2,3)4/h9-10,13-16,22-24,26-27,30H,5-8,11-12,17-21H2,1-4H3,(H,39,41)(H,42,43). The number of benzene rings is 1. The van der Waals surface area contributed by atoms with Gasteiger partial charge in [-0.25, -0.2) is 14.8 Å². The highest BCUT2D eigenvalue weighted by molar-refractivity contribution is 7.14. The summed E-state index contributed by atoms with van der Waals surface area (Å²) in [7, 11) is 0. The number of piperidine rings is 1. The van der Waals surface area contributed by atoms with Crippen LogP contribution in [0.5, 0.6) is 0 Å². The van der Waals surface area contributed by atoms with Gasteiger partial charge in [0.05, 0.1) is 23.0 Å². The van der Waals surface area contributed by atoms with Crippen LogP contribution in [0.4, 0.5) is 5.69 Å². The van der Waals surface area contributed by atoms with Crippen molar-refractivity contribution in [1.29, 1.82) is 0 Å². The van der Waals surface area contributed by atoms with Crippen molar-refractivity contribution < 1.29 is 14.7 Å². The summed E-state index contributed by atoms with van der Waals surface area (Å²) < 4.78 is 0. The Balaban J connectivity index is 1.13. The van der Waals surface area contributed by atoms with Crippen molar-refractivity contribution in [3.8, 4) is 11.4 Å². The molecule has 0 spiro atoms. The Labute approximate surface area is 266 Å². The number of aromatic nitrogens is 2. The first-order chi connectivity index (χ1) is 21.1. The third kappa shape index (κ3) is 8.06. The molecule has 44 heavy (non-hydrogen) atoms. The van der Waals surface area contributed by atoms with Gasteiger partial charge < -0.3 is 15.3 Å². The maximum atomic E-state index is 12.8. The minimum atomic E-state index is -1.06. The van der Waals surface area contributed by atoms with Crippen LogP contribution in [-0.4, -0.2) is 46.1 Å². The molecule has 1 amide bonds. The lowest BCUT2D eigenvalue weighted by atomic mass is 9.72. The lowest BCUT2D eigenvalue weighted by Gasteiger charge is -2.39. The van der Waals surface area contributed by atoms with Gasteiger partial charge in [0.25, 0.3) is 5.91 Å². The number of carbonyl (C=O) groups excluding carboxylic acids is 1. The lowest BCUT2D eigenvalue weighted by Crippen LogP contribution is -2.42. The molecule has 2 aromatic heterocycles. The third-order valence-electron chi connectivity index (χ3n) is 9.62. The number of hydrogen-bond acceptors (Lipinski definition) is 6. The minimum absolute atomic E-state index is 0.0645. The summed E-state index contributed by atoms with van der Waals surface area (Å²) in [6.45, 7) is 10.7. The molecule has 0 radical (unpaired) electrons. The average molecular weight is 617 g/mol. The van der Waals surface area contributed by atoms with Crippen LogP contribution in [-0.2, 0) is 16.6 Å². The van der Waals surface area contributed by atoms with Crippen molar-refractivity contribution in [2.24, 2.45) is 17.8 Å². The Bertz CT molecular complexity index is 1380. The first kappa shape index (κ1) is 32.1. The highest BCUT2D eigenvalue weighted by Crippen LogP contribution is 2.39. The topological polar surface area (TPSA) is 95.4 Å². The van der Waals surface area contributed by atoms with Gasteiger partial charge in [-0.3, -0.25) is 4.79 Å². The predicted octanol–water partition coefficient (Wildman–Crippen LogP) is 7.75. The Morgan fingerprint density at radius 2 is 1.59 bits per heavy atom. The van der Waals surface area contributed by atoms with Gasteiger partial charge in [-0.15, -0.1) is 11.3 Å². The van der Waals surface area contributed by atoms with Crippen molar-refractivity contribution in [3.63, 3.8) is 0 Å². The molecule has 2 fully saturated rings. The second kappa shape index (κ2) is 14.2. The van der Waals surface area contributed by atoms with Gasteiger partial charge in [0.1, 0.15) is 6.04 Å². The Morgan fingerprint density at radius 3 is 2.16 bits per heavy atom. The molecule has 3 heterocycles. The Hall–Kier alpha value is -3.26. The zero-order valence-corrected chi connectivity index (χ0v) is 27.5. The molecule has 1 unspecified atom stereocenters. The number of carbonyl (C=O) groups is 2. The summed E-state index contributed by atoms with van der Waals surface area (Å²) >= 11 is 1.40. The molecule has 5 rings (SSSR count). The number of thiophene rings is 1. The van der Waals surface area contributed by atoms with E-state index in [2.05, 4.69) is 47.9 Å². The molecule has 1 saturated carbocycles. The van der Waals surface area contributed by atoms with Crippen LogP contribution in [0.3, 0.4) is 0 Å². The van der Waals surface area contributed by atoms with Crippen molar-refractivity contribution in [3.05, 3.63) is 64.1 Å². The Kier molecular flexibility index (Phi) is 10.4. The van der Waals surface area contributed by atoms with E-state index in [9.17, 15) is 14.7 Å². The minimum Gasteiger partial charge on any atom is -0.480 e. The van der Waals surface area contributed by atoms with Crippen molar-refractivity contribution >= 4 is 28.9 Å². The van der Waals surface area contributed by atoms with Crippen LogP contribution in [0.25, 0.3) is 11.4 Å². The van der Waals surface area contributed by atoms with E-state index in [1.54, 1.807) is 6.07 Å². The van der Waals surface area contributed by atoms with Gasteiger partial charge in [-0.1, -0.05) is 77.6 Å². The zero-order valence-electron chi connectivity index (χ0n) is 26.7. The SMILES string of the molecule is CCCC1CCC(C2CCN(c3cnc(-c4ccc(CC(NC(=O)c5ccc(C(C)(C)C)s5)C(=O)O)cc4)nc3)CC2)CC1. The maximum absolute atomic E-state index is 12.8. The number of nitrogens with one attached hydrogen (secondary N) is 1. The van der Waals surface area contributed by atoms with E-state index >= 15 is 0 Å². The van der Waals surface area contributed by atoms with E-state index in [0.717, 1.165) is 52.5 Å². The van der Waals surface area contributed by atoms with E-state index < -0.39 is 12.0 Å². The van der Waals surface area contributed by atoms with Gasteiger partial charge >= 0.3 is 5.97 Å². The van der Waals surface area contributed by atoms with Gasteiger partial charge in [0.15, 0.2) is 5.82 Å². The number of nitrogens with zero attached hydrogens (tertiary/aromatic N) is 3. The first-order valence-corrected chi connectivity index (χ1v) is 17.2. The molecule has 1 aromatic carbocycles. The number of carboxylic acids is 1. The smallest absolute Gasteiger partial charge is 0.326 e. The van der Waals surface area contributed by atoms with Crippen molar-refractivity contribution in [2.75, 3.05) is 18.0 Å². The second-order valence-electron chi connectivity index (χ2n) is 13.8. The average Bonchev–Trinajstić information content (AvgIpc) is 3.54. The first-order valence-electron chi connectivity index (χ1n) is 16.4. The Morgan fingerprint density at radius 1 is 0.955 bits per heavy atom. The second-order valence-corrected chi connectivity index (χ2v) is 14.9. The van der Waals surface area contributed by atoms with Gasteiger partial charge in [-0.2, -0.15) is 0 Å². The van der Waals surface area contributed by atoms with Gasteiger partial charge in [0.2, 0.25) is 0 Å². The van der Waals surface area contributed by atoms with E-state index in [-0.39, 0.29) is 17.7 Å². The van der Waals surface area contributed by atoms with Crippen LogP contribution in [0.15, 0.2) is 48.8 Å². The fourth-order valence-corrected chi connectivity index (χ4v) is 7.90. The molecule has 1 aliphatic carbocycles. The highest BCUT2D eigenvalue weighted by Gasteiger charge is 2.30. The monoisotopic (exact) mass is 616 g/mol.